The van der Waals surface area contributed by atoms with Crippen molar-refractivity contribution in [2.75, 3.05) is 5.75 Å². The first kappa shape index (κ1) is 17.1. The van der Waals surface area contributed by atoms with Crippen LogP contribution in [-0.2, 0) is 11.3 Å². The molecule has 3 rings (SSSR count). The van der Waals surface area contributed by atoms with Gasteiger partial charge < -0.3 is 10.3 Å². The Kier molecular flexibility index (Phi) is 5.28. The summed E-state index contributed by atoms with van der Waals surface area (Å²) in [5, 5.41) is 3.71. The Hall–Kier alpha value is -1.76. The van der Waals surface area contributed by atoms with Crippen LogP contribution in [0.2, 0.25) is 0 Å². The number of aryl methyl sites for hydroxylation is 1. The average molecular weight is 348 g/mol. The number of hydrogen-bond donors (Lipinski definition) is 2. The van der Waals surface area contributed by atoms with E-state index in [-0.39, 0.29) is 17.2 Å². The van der Waals surface area contributed by atoms with Crippen LogP contribution >= 0.6 is 11.8 Å². The van der Waals surface area contributed by atoms with Crippen LogP contribution in [0.15, 0.2) is 16.0 Å². The first-order valence-electron chi connectivity index (χ1n) is 8.60. The number of aromatic nitrogens is 3. The maximum Gasteiger partial charge on any atom is 0.278 e. The zero-order valence-electron chi connectivity index (χ0n) is 14.2. The van der Waals surface area contributed by atoms with E-state index >= 15 is 0 Å². The summed E-state index contributed by atoms with van der Waals surface area (Å²) in [5.74, 6) is 0.312. The lowest BCUT2D eigenvalue weighted by molar-refractivity contribution is -0.119. The fourth-order valence-electron chi connectivity index (χ4n) is 3.25. The van der Waals surface area contributed by atoms with Crippen molar-refractivity contribution < 1.29 is 4.79 Å². The van der Waals surface area contributed by atoms with Crippen LogP contribution in [0, 0.1) is 6.92 Å². The van der Waals surface area contributed by atoms with Gasteiger partial charge >= 0.3 is 0 Å². The van der Waals surface area contributed by atoms with E-state index in [0.717, 1.165) is 18.5 Å². The molecule has 0 aliphatic heterocycles. The highest BCUT2D eigenvalue weighted by Gasteiger charge is 2.17. The predicted molar refractivity (Wildman–Crippen MR) is 96.5 cm³/mol. The van der Waals surface area contributed by atoms with Gasteiger partial charge in [0.15, 0.2) is 5.16 Å². The third kappa shape index (κ3) is 3.66. The van der Waals surface area contributed by atoms with Crippen LogP contribution in [0.4, 0.5) is 0 Å². The third-order valence-corrected chi connectivity index (χ3v) is 5.43. The molecule has 1 amide bonds. The van der Waals surface area contributed by atoms with Gasteiger partial charge in [-0.15, -0.1) is 0 Å². The fourth-order valence-corrected chi connectivity index (χ4v) is 4.12. The van der Waals surface area contributed by atoms with E-state index in [1.807, 2.05) is 19.9 Å². The fraction of sp³-hybridized carbons (Fsp3) is 0.588. The minimum atomic E-state index is -0.0780. The number of carbonyl (C=O) groups is 1. The zero-order valence-corrected chi connectivity index (χ0v) is 15.0. The summed E-state index contributed by atoms with van der Waals surface area (Å²) < 4.78 is 1.62. The van der Waals surface area contributed by atoms with Crippen molar-refractivity contribution in [3.8, 4) is 0 Å². The molecule has 0 spiro atoms. The number of nitrogens with zero attached hydrogens (tertiary/aromatic N) is 2. The molecule has 130 valence electrons. The van der Waals surface area contributed by atoms with Gasteiger partial charge in [0.25, 0.3) is 5.56 Å². The van der Waals surface area contributed by atoms with Crippen LogP contribution in [0.1, 0.15) is 44.7 Å². The molecule has 0 aromatic carbocycles. The van der Waals surface area contributed by atoms with Gasteiger partial charge in [0.2, 0.25) is 5.91 Å². The van der Waals surface area contributed by atoms with Crippen molar-refractivity contribution in [2.24, 2.45) is 0 Å². The van der Waals surface area contributed by atoms with Crippen LogP contribution in [-0.4, -0.2) is 32.2 Å². The van der Waals surface area contributed by atoms with Gasteiger partial charge in [-0.25, -0.2) is 4.98 Å². The molecule has 2 aromatic heterocycles. The van der Waals surface area contributed by atoms with E-state index in [9.17, 15) is 9.59 Å². The van der Waals surface area contributed by atoms with Gasteiger partial charge in [0.1, 0.15) is 5.52 Å². The van der Waals surface area contributed by atoms with E-state index in [2.05, 4.69) is 15.3 Å². The number of fused-ring (bicyclic) bond motifs is 1. The van der Waals surface area contributed by atoms with Gasteiger partial charge in [-0.2, -0.15) is 0 Å². The molecule has 24 heavy (non-hydrogen) atoms. The summed E-state index contributed by atoms with van der Waals surface area (Å²) in [5.41, 5.74) is 2.03. The predicted octanol–water partition coefficient (Wildman–Crippen LogP) is 2.59. The topological polar surface area (TPSA) is 79.8 Å². The highest BCUT2D eigenvalue weighted by Crippen LogP contribution is 2.20. The lowest BCUT2D eigenvalue weighted by atomic mass is 9.95. The molecule has 1 fully saturated rings. The highest BCUT2D eigenvalue weighted by atomic mass is 32.2. The molecule has 1 aliphatic rings. The molecule has 1 saturated carbocycles. The van der Waals surface area contributed by atoms with E-state index in [0.29, 0.717) is 28.8 Å². The van der Waals surface area contributed by atoms with Crippen molar-refractivity contribution in [1.82, 2.24) is 19.9 Å². The van der Waals surface area contributed by atoms with Crippen molar-refractivity contribution in [1.29, 1.82) is 0 Å². The molecule has 0 saturated heterocycles. The molecule has 0 radical (unpaired) electrons. The first-order valence-corrected chi connectivity index (χ1v) is 9.59. The van der Waals surface area contributed by atoms with Crippen molar-refractivity contribution in [3.05, 3.63) is 22.1 Å². The number of rotatable bonds is 5. The van der Waals surface area contributed by atoms with Crippen LogP contribution in [0.3, 0.4) is 0 Å². The maximum atomic E-state index is 12.5. The second-order valence-corrected chi connectivity index (χ2v) is 7.29. The third-order valence-electron chi connectivity index (χ3n) is 4.46. The first-order chi connectivity index (χ1) is 11.6. The summed E-state index contributed by atoms with van der Waals surface area (Å²) in [6.07, 6.45) is 5.80. The van der Waals surface area contributed by atoms with Gasteiger partial charge in [-0.1, -0.05) is 31.0 Å². The monoisotopic (exact) mass is 348 g/mol. The molecule has 6 nitrogen and oxygen atoms in total. The minimum absolute atomic E-state index is 0.0224. The SMILES string of the molecule is CCn1c(SCC(=O)NC2CCCCC2)nc2cc(C)[nH]c2c1=O. The summed E-state index contributed by atoms with van der Waals surface area (Å²) in [6, 6.07) is 2.17. The number of carbonyl (C=O) groups excluding carboxylic acids is 1. The molecule has 7 heteroatoms. The normalized spacial score (nSPS) is 15.8. The van der Waals surface area contributed by atoms with E-state index in [1.54, 1.807) is 4.57 Å². The molecular formula is C17H24N4O2S. The number of hydrogen-bond acceptors (Lipinski definition) is 4. The minimum Gasteiger partial charge on any atom is -0.353 e. The summed E-state index contributed by atoms with van der Waals surface area (Å²) in [6.45, 7) is 4.35. The van der Waals surface area contributed by atoms with Gasteiger partial charge in [-0.3, -0.25) is 14.2 Å². The van der Waals surface area contributed by atoms with Gasteiger partial charge in [0.05, 0.1) is 11.3 Å². The molecule has 2 aromatic rings. The largest absolute Gasteiger partial charge is 0.353 e. The molecule has 2 heterocycles. The van der Waals surface area contributed by atoms with Gasteiger partial charge in [-0.05, 0) is 32.8 Å². The Labute approximate surface area is 145 Å². The Morgan fingerprint density at radius 3 is 2.88 bits per heavy atom. The summed E-state index contributed by atoms with van der Waals surface area (Å²) >= 11 is 1.33. The molecule has 0 unspecified atom stereocenters. The number of thioether (sulfide) groups is 1. The second-order valence-electron chi connectivity index (χ2n) is 6.35. The van der Waals surface area contributed by atoms with Crippen LogP contribution in [0.25, 0.3) is 11.0 Å². The number of nitrogens with one attached hydrogen (secondary N) is 2. The van der Waals surface area contributed by atoms with Crippen molar-refractivity contribution >= 4 is 28.7 Å². The molecule has 0 bridgehead atoms. The molecule has 2 N–H and O–H groups in total. The number of H-pyrrole nitrogens is 1. The van der Waals surface area contributed by atoms with E-state index < -0.39 is 0 Å². The Morgan fingerprint density at radius 1 is 1.42 bits per heavy atom. The number of amides is 1. The Bertz CT molecular complexity index is 790. The zero-order chi connectivity index (χ0) is 17.1. The smallest absolute Gasteiger partial charge is 0.278 e. The lowest BCUT2D eigenvalue weighted by Gasteiger charge is -2.22. The summed E-state index contributed by atoms with van der Waals surface area (Å²) in [4.78, 5) is 32.3. The average Bonchev–Trinajstić information content (AvgIpc) is 2.95. The van der Waals surface area contributed by atoms with E-state index in [4.69, 9.17) is 0 Å². The van der Waals surface area contributed by atoms with Crippen LogP contribution in [0.5, 0.6) is 0 Å². The molecule has 1 aliphatic carbocycles. The van der Waals surface area contributed by atoms with Crippen molar-refractivity contribution in [3.63, 3.8) is 0 Å². The van der Waals surface area contributed by atoms with Crippen LogP contribution < -0.4 is 10.9 Å². The molecular weight excluding hydrogens is 324 g/mol. The summed E-state index contributed by atoms with van der Waals surface area (Å²) in [7, 11) is 0. The standard InChI is InChI=1S/C17H24N4O2S/c1-3-21-16(23)15-13(9-11(2)18-15)20-17(21)24-10-14(22)19-12-7-5-4-6-8-12/h9,12,18H,3-8,10H2,1-2H3,(H,19,22). The quantitative estimate of drug-likeness (QED) is 0.643. The highest BCUT2D eigenvalue weighted by molar-refractivity contribution is 7.99. The van der Waals surface area contributed by atoms with E-state index in [1.165, 1.54) is 31.0 Å². The van der Waals surface area contributed by atoms with Crippen molar-refractivity contribution in [2.45, 2.75) is 63.7 Å². The Balaban J connectivity index is 1.72. The molecule has 0 atom stereocenters. The Morgan fingerprint density at radius 2 is 2.17 bits per heavy atom. The number of aromatic amines is 1. The maximum absolute atomic E-state index is 12.5. The second kappa shape index (κ2) is 7.42. The lowest BCUT2D eigenvalue weighted by Crippen LogP contribution is -2.37. The van der Waals surface area contributed by atoms with Gasteiger partial charge in [0, 0.05) is 18.3 Å².